The average molecular weight is 334 g/mol. The fourth-order valence-electron chi connectivity index (χ4n) is 2.74. The lowest BCUT2D eigenvalue weighted by Gasteiger charge is -2.29. The molecule has 8 heteroatoms. The highest BCUT2D eigenvalue weighted by molar-refractivity contribution is 5.94. The molecule has 0 spiro atoms. The number of ether oxygens (including phenoxy) is 1. The Morgan fingerprint density at radius 2 is 2.17 bits per heavy atom. The number of alkyl halides is 3. The lowest BCUT2D eigenvalue weighted by molar-refractivity contribution is -0.140. The molecule has 4 nitrogen and oxygen atoms in total. The second-order valence-electron chi connectivity index (χ2n) is 5.59. The van der Waals surface area contributed by atoms with Crippen LogP contribution in [-0.4, -0.2) is 38.3 Å². The van der Waals surface area contributed by atoms with Crippen molar-refractivity contribution in [1.82, 2.24) is 10.6 Å². The van der Waals surface area contributed by atoms with Crippen molar-refractivity contribution >= 4 is 5.91 Å². The van der Waals surface area contributed by atoms with Gasteiger partial charge in [-0.15, -0.1) is 0 Å². The fourth-order valence-corrected chi connectivity index (χ4v) is 2.74. The van der Waals surface area contributed by atoms with Gasteiger partial charge in [0.15, 0.2) is 0 Å². The molecule has 2 rings (SSSR count). The van der Waals surface area contributed by atoms with E-state index < -0.39 is 34.6 Å². The van der Waals surface area contributed by atoms with E-state index in [4.69, 9.17) is 4.74 Å². The van der Waals surface area contributed by atoms with Gasteiger partial charge in [-0.05, 0) is 31.5 Å². The summed E-state index contributed by atoms with van der Waals surface area (Å²) in [5, 5.41) is 5.71. The first-order valence-electron chi connectivity index (χ1n) is 7.17. The molecule has 1 aliphatic rings. The minimum atomic E-state index is -4.84. The van der Waals surface area contributed by atoms with E-state index in [-0.39, 0.29) is 6.54 Å². The predicted molar refractivity (Wildman–Crippen MR) is 75.6 cm³/mol. The van der Waals surface area contributed by atoms with Crippen molar-refractivity contribution in [1.29, 1.82) is 0 Å². The van der Waals surface area contributed by atoms with Crippen molar-refractivity contribution in [2.45, 2.75) is 24.6 Å². The summed E-state index contributed by atoms with van der Waals surface area (Å²) in [6.45, 7) is 1.25. The van der Waals surface area contributed by atoms with Crippen LogP contribution in [0.15, 0.2) is 18.2 Å². The van der Waals surface area contributed by atoms with Crippen LogP contribution in [-0.2, 0) is 10.9 Å². The van der Waals surface area contributed by atoms with Gasteiger partial charge in [-0.1, -0.05) is 6.07 Å². The van der Waals surface area contributed by atoms with Gasteiger partial charge >= 0.3 is 6.18 Å². The smallest absolute Gasteiger partial charge is 0.383 e. The standard InChI is InChI=1S/C15H18F4N2O2/c1-23-9-14(6-3-7-21-14)8-20-13(22)10-4-2-5-11(12(10)16)15(17,18)19/h2,4-5,21H,3,6-9H2,1H3,(H,20,22). The van der Waals surface area contributed by atoms with Crippen LogP contribution in [0.4, 0.5) is 17.6 Å². The molecule has 0 aromatic heterocycles. The largest absolute Gasteiger partial charge is 0.419 e. The summed E-state index contributed by atoms with van der Waals surface area (Å²) in [6.07, 6.45) is -3.19. The van der Waals surface area contributed by atoms with Crippen molar-refractivity contribution in [3.05, 3.63) is 35.1 Å². The van der Waals surface area contributed by atoms with E-state index in [0.717, 1.165) is 31.5 Å². The number of hydrogen-bond acceptors (Lipinski definition) is 3. The maximum Gasteiger partial charge on any atom is 0.419 e. The highest BCUT2D eigenvalue weighted by atomic mass is 19.4. The number of methoxy groups -OCH3 is 1. The van der Waals surface area contributed by atoms with Crippen LogP contribution in [0, 0.1) is 5.82 Å². The van der Waals surface area contributed by atoms with Gasteiger partial charge in [-0.25, -0.2) is 4.39 Å². The minimum absolute atomic E-state index is 0.148. The number of halogens is 4. The first-order valence-corrected chi connectivity index (χ1v) is 7.17. The summed E-state index contributed by atoms with van der Waals surface area (Å²) >= 11 is 0. The van der Waals surface area contributed by atoms with Crippen LogP contribution < -0.4 is 10.6 Å². The molecule has 1 amide bonds. The Kier molecular flexibility index (Phi) is 5.26. The topological polar surface area (TPSA) is 50.4 Å². The van der Waals surface area contributed by atoms with Crippen molar-refractivity contribution in [2.24, 2.45) is 0 Å². The molecule has 1 saturated heterocycles. The maximum atomic E-state index is 13.9. The molecule has 1 heterocycles. The van der Waals surface area contributed by atoms with Gasteiger partial charge in [0.2, 0.25) is 0 Å². The summed E-state index contributed by atoms with van der Waals surface area (Å²) in [5.41, 5.74) is -2.54. The van der Waals surface area contributed by atoms with Gasteiger partial charge in [-0.3, -0.25) is 4.79 Å². The molecule has 0 aliphatic carbocycles. The molecule has 0 saturated carbocycles. The van der Waals surface area contributed by atoms with Gasteiger partial charge in [0.1, 0.15) is 5.82 Å². The second kappa shape index (κ2) is 6.84. The summed E-state index contributed by atoms with van der Waals surface area (Å²) in [7, 11) is 1.52. The van der Waals surface area contributed by atoms with Gasteiger partial charge in [0, 0.05) is 13.7 Å². The summed E-state index contributed by atoms with van der Waals surface area (Å²) < 4.78 is 57.1. The SMILES string of the molecule is COCC1(CNC(=O)c2cccc(C(F)(F)F)c2F)CCCN1. The normalized spacial score (nSPS) is 21.4. The zero-order chi connectivity index (χ0) is 17.1. The Morgan fingerprint density at radius 3 is 2.74 bits per heavy atom. The Balaban J connectivity index is 2.12. The lowest BCUT2D eigenvalue weighted by Crippen LogP contribution is -2.53. The molecule has 1 aromatic rings. The number of amides is 1. The van der Waals surface area contributed by atoms with Gasteiger partial charge in [0.25, 0.3) is 5.91 Å². The Labute approximate surface area is 131 Å². The van der Waals surface area contributed by atoms with E-state index in [1.54, 1.807) is 0 Å². The molecule has 1 fully saturated rings. The van der Waals surface area contributed by atoms with Crippen molar-refractivity contribution < 1.29 is 27.1 Å². The number of hydrogen-bond donors (Lipinski definition) is 2. The molecule has 1 aliphatic heterocycles. The van der Waals surface area contributed by atoms with E-state index >= 15 is 0 Å². The van der Waals surface area contributed by atoms with Gasteiger partial charge in [-0.2, -0.15) is 13.2 Å². The third-order valence-electron chi connectivity index (χ3n) is 3.89. The number of carbonyl (C=O) groups is 1. The second-order valence-corrected chi connectivity index (χ2v) is 5.59. The van der Waals surface area contributed by atoms with Crippen molar-refractivity contribution in [3.8, 4) is 0 Å². The highest BCUT2D eigenvalue weighted by Gasteiger charge is 2.37. The highest BCUT2D eigenvalue weighted by Crippen LogP contribution is 2.32. The molecule has 128 valence electrons. The zero-order valence-electron chi connectivity index (χ0n) is 12.6. The Morgan fingerprint density at radius 1 is 1.43 bits per heavy atom. The molecular weight excluding hydrogens is 316 g/mol. The van der Waals surface area contributed by atoms with Crippen LogP contribution in [0.2, 0.25) is 0 Å². The van der Waals surface area contributed by atoms with E-state index in [0.29, 0.717) is 12.7 Å². The van der Waals surface area contributed by atoms with Crippen molar-refractivity contribution in [3.63, 3.8) is 0 Å². The molecule has 1 atom stereocenters. The monoisotopic (exact) mass is 334 g/mol. The number of carbonyl (C=O) groups excluding carboxylic acids is 1. The molecule has 1 unspecified atom stereocenters. The quantitative estimate of drug-likeness (QED) is 0.813. The van der Waals surface area contributed by atoms with E-state index in [2.05, 4.69) is 10.6 Å². The van der Waals surface area contributed by atoms with Gasteiger partial charge < -0.3 is 15.4 Å². The molecular formula is C15H18F4N2O2. The average Bonchev–Trinajstić information content (AvgIpc) is 2.93. The molecule has 1 aromatic carbocycles. The third-order valence-corrected chi connectivity index (χ3v) is 3.89. The molecule has 0 radical (unpaired) electrons. The molecule has 0 bridgehead atoms. The Bertz CT molecular complexity index is 569. The Hall–Kier alpha value is -1.67. The van der Waals surface area contributed by atoms with Crippen LogP contribution >= 0.6 is 0 Å². The summed E-state index contributed by atoms with van der Waals surface area (Å²) in [6, 6.07) is 2.65. The number of rotatable bonds is 5. The van der Waals surface area contributed by atoms with E-state index in [1.165, 1.54) is 7.11 Å². The van der Waals surface area contributed by atoms with Crippen LogP contribution in [0.25, 0.3) is 0 Å². The van der Waals surface area contributed by atoms with Crippen LogP contribution in [0.3, 0.4) is 0 Å². The first-order chi connectivity index (χ1) is 10.8. The van der Waals surface area contributed by atoms with Crippen molar-refractivity contribution in [2.75, 3.05) is 26.8 Å². The van der Waals surface area contributed by atoms with E-state index in [9.17, 15) is 22.4 Å². The maximum absolute atomic E-state index is 13.9. The third kappa shape index (κ3) is 4.00. The van der Waals surface area contributed by atoms with Crippen LogP contribution in [0.1, 0.15) is 28.8 Å². The number of benzene rings is 1. The zero-order valence-corrected chi connectivity index (χ0v) is 12.6. The van der Waals surface area contributed by atoms with Crippen LogP contribution in [0.5, 0.6) is 0 Å². The number of nitrogens with one attached hydrogen (secondary N) is 2. The fraction of sp³-hybridized carbons (Fsp3) is 0.533. The van der Waals surface area contributed by atoms with E-state index in [1.807, 2.05) is 0 Å². The summed E-state index contributed by atoms with van der Waals surface area (Å²) in [4.78, 5) is 12.1. The minimum Gasteiger partial charge on any atom is -0.383 e. The molecule has 2 N–H and O–H groups in total. The first kappa shape index (κ1) is 17.7. The van der Waals surface area contributed by atoms with Gasteiger partial charge in [0.05, 0.1) is 23.3 Å². The summed E-state index contributed by atoms with van der Waals surface area (Å²) in [5.74, 6) is -2.43. The predicted octanol–water partition coefficient (Wildman–Crippen LogP) is 2.34. The molecule has 23 heavy (non-hydrogen) atoms. The lowest BCUT2D eigenvalue weighted by atomic mass is 9.98.